The molecule has 0 radical (unpaired) electrons. The van der Waals surface area contributed by atoms with Gasteiger partial charge in [0.1, 0.15) is 17.5 Å². The van der Waals surface area contributed by atoms with Crippen LogP contribution in [-0.2, 0) is 5.41 Å². The lowest BCUT2D eigenvalue weighted by atomic mass is 9.90. The predicted octanol–water partition coefficient (Wildman–Crippen LogP) is 3.97. The number of nitrogens with zero attached hydrogens (tertiary/aromatic N) is 2. The van der Waals surface area contributed by atoms with Crippen molar-refractivity contribution in [3.05, 3.63) is 11.4 Å². The summed E-state index contributed by atoms with van der Waals surface area (Å²) in [5.74, 6) is 2.71. The minimum absolute atomic E-state index is 0.0595. The van der Waals surface area contributed by atoms with E-state index in [1.807, 2.05) is 7.05 Å². The standard InChI is InChI=1S/C16H30N4/c1-9-16(6,7)10-18-13-11(2)12(17-8)19-14(20-13)15(3,4)5/h9-10H2,1-8H3,(H2,17,18,19,20). The first-order valence-electron chi connectivity index (χ1n) is 7.41. The van der Waals surface area contributed by atoms with Gasteiger partial charge in [0, 0.05) is 24.6 Å². The molecule has 0 aliphatic heterocycles. The van der Waals surface area contributed by atoms with Gasteiger partial charge in [0.2, 0.25) is 0 Å². The van der Waals surface area contributed by atoms with Crippen LogP contribution in [0.3, 0.4) is 0 Å². The molecule has 1 heterocycles. The fourth-order valence-corrected chi connectivity index (χ4v) is 1.72. The van der Waals surface area contributed by atoms with Crippen LogP contribution in [0.4, 0.5) is 11.6 Å². The van der Waals surface area contributed by atoms with Gasteiger partial charge in [-0.1, -0.05) is 41.5 Å². The van der Waals surface area contributed by atoms with Crippen LogP contribution < -0.4 is 10.6 Å². The average molecular weight is 278 g/mol. The molecule has 0 bridgehead atoms. The van der Waals surface area contributed by atoms with E-state index in [4.69, 9.17) is 4.98 Å². The number of nitrogens with one attached hydrogen (secondary N) is 2. The second-order valence-corrected chi connectivity index (χ2v) is 7.24. The van der Waals surface area contributed by atoms with Crippen LogP contribution in [0.2, 0.25) is 0 Å². The van der Waals surface area contributed by atoms with Crippen molar-refractivity contribution in [3.8, 4) is 0 Å². The van der Waals surface area contributed by atoms with Gasteiger partial charge in [-0.3, -0.25) is 0 Å². The Kier molecular flexibility index (Phi) is 5.00. The molecule has 0 saturated heterocycles. The lowest BCUT2D eigenvalue weighted by molar-refractivity contribution is 0.376. The van der Waals surface area contributed by atoms with E-state index in [1.165, 1.54) is 0 Å². The maximum atomic E-state index is 4.73. The van der Waals surface area contributed by atoms with Crippen molar-refractivity contribution < 1.29 is 0 Å². The summed E-state index contributed by atoms with van der Waals surface area (Å²) in [5.41, 5.74) is 1.28. The van der Waals surface area contributed by atoms with Crippen LogP contribution in [0, 0.1) is 12.3 Å². The van der Waals surface area contributed by atoms with Gasteiger partial charge in [0.15, 0.2) is 0 Å². The molecule has 0 aliphatic rings. The van der Waals surface area contributed by atoms with Gasteiger partial charge in [0.05, 0.1) is 0 Å². The summed E-state index contributed by atoms with van der Waals surface area (Å²) in [5, 5.41) is 6.67. The van der Waals surface area contributed by atoms with Gasteiger partial charge in [-0.15, -0.1) is 0 Å². The monoisotopic (exact) mass is 278 g/mol. The Morgan fingerprint density at radius 3 is 2.00 bits per heavy atom. The number of aromatic nitrogens is 2. The van der Waals surface area contributed by atoms with Gasteiger partial charge in [-0.2, -0.15) is 0 Å². The van der Waals surface area contributed by atoms with Gasteiger partial charge >= 0.3 is 0 Å². The largest absolute Gasteiger partial charge is 0.373 e. The van der Waals surface area contributed by atoms with E-state index >= 15 is 0 Å². The molecule has 1 aromatic rings. The van der Waals surface area contributed by atoms with Gasteiger partial charge < -0.3 is 10.6 Å². The number of anilines is 2. The molecule has 1 aromatic heterocycles. The first-order chi connectivity index (χ1) is 9.10. The molecule has 4 heteroatoms. The minimum atomic E-state index is -0.0595. The molecule has 0 fully saturated rings. The maximum Gasteiger partial charge on any atom is 0.138 e. The average Bonchev–Trinajstić information content (AvgIpc) is 2.36. The van der Waals surface area contributed by atoms with Gasteiger partial charge in [-0.25, -0.2) is 9.97 Å². The quantitative estimate of drug-likeness (QED) is 0.855. The molecular weight excluding hydrogens is 248 g/mol. The fraction of sp³-hybridized carbons (Fsp3) is 0.750. The first-order valence-corrected chi connectivity index (χ1v) is 7.41. The lowest BCUT2D eigenvalue weighted by Crippen LogP contribution is -2.25. The molecule has 0 aliphatic carbocycles. The zero-order valence-electron chi connectivity index (χ0n) is 14.3. The van der Waals surface area contributed by atoms with E-state index < -0.39 is 0 Å². The van der Waals surface area contributed by atoms with E-state index in [0.717, 1.165) is 36.0 Å². The summed E-state index contributed by atoms with van der Waals surface area (Å²) < 4.78 is 0. The summed E-state index contributed by atoms with van der Waals surface area (Å²) in [6.07, 6.45) is 1.13. The lowest BCUT2D eigenvalue weighted by Gasteiger charge is -2.25. The topological polar surface area (TPSA) is 49.8 Å². The second-order valence-electron chi connectivity index (χ2n) is 7.24. The van der Waals surface area contributed by atoms with Crippen LogP contribution in [0.15, 0.2) is 0 Å². The molecule has 0 aromatic carbocycles. The number of hydrogen-bond acceptors (Lipinski definition) is 4. The molecule has 20 heavy (non-hydrogen) atoms. The molecule has 0 amide bonds. The zero-order chi connectivity index (χ0) is 15.6. The fourth-order valence-electron chi connectivity index (χ4n) is 1.72. The highest BCUT2D eigenvalue weighted by Crippen LogP contribution is 2.27. The second kappa shape index (κ2) is 5.98. The summed E-state index contributed by atoms with van der Waals surface area (Å²) in [6.45, 7) is 16.1. The Labute approximate surface area is 123 Å². The van der Waals surface area contributed by atoms with E-state index in [-0.39, 0.29) is 10.8 Å². The third-order valence-electron chi connectivity index (χ3n) is 3.74. The van der Waals surface area contributed by atoms with Crippen molar-refractivity contribution >= 4 is 11.6 Å². The first kappa shape index (κ1) is 16.7. The van der Waals surface area contributed by atoms with E-state index in [0.29, 0.717) is 0 Å². The highest BCUT2D eigenvalue weighted by molar-refractivity contribution is 5.57. The number of hydrogen-bond donors (Lipinski definition) is 2. The third-order valence-corrected chi connectivity index (χ3v) is 3.74. The van der Waals surface area contributed by atoms with Crippen molar-refractivity contribution in [2.75, 3.05) is 24.2 Å². The Bertz CT molecular complexity index is 458. The summed E-state index contributed by atoms with van der Waals surface area (Å²) in [7, 11) is 1.90. The predicted molar refractivity (Wildman–Crippen MR) is 87.6 cm³/mol. The minimum Gasteiger partial charge on any atom is -0.373 e. The third kappa shape index (κ3) is 4.09. The molecule has 1 rings (SSSR count). The molecule has 0 unspecified atom stereocenters. The summed E-state index contributed by atoms with van der Waals surface area (Å²) in [6, 6.07) is 0. The van der Waals surface area contributed by atoms with Gasteiger partial charge in [0.25, 0.3) is 0 Å². The molecule has 114 valence electrons. The van der Waals surface area contributed by atoms with Crippen molar-refractivity contribution in [2.24, 2.45) is 5.41 Å². The maximum absolute atomic E-state index is 4.73. The number of rotatable bonds is 5. The molecule has 4 nitrogen and oxygen atoms in total. The normalized spacial score (nSPS) is 12.4. The van der Waals surface area contributed by atoms with Crippen LogP contribution >= 0.6 is 0 Å². The van der Waals surface area contributed by atoms with E-state index in [1.54, 1.807) is 0 Å². The van der Waals surface area contributed by atoms with Gasteiger partial charge in [-0.05, 0) is 18.8 Å². The Hall–Kier alpha value is -1.32. The van der Waals surface area contributed by atoms with E-state index in [2.05, 4.69) is 64.1 Å². The van der Waals surface area contributed by atoms with Crippen LogP contribution in [0.25, 0.3) is 0 Å². The van der Waals surface area contributed by atoms with Crippen molar-refractivity contribution in [1.82, 2.24) is 9.97 Å². The summed E-state index contributed by atoms with van der Waals surface area (Å²) in [4.78, 5) is 9.35. The Morgan fingerprint density at radius 2 is 1.55 bits per heavy atom. The Morgan fingerprint density at radius 1 is 1.00 bits per heavy atom. The van der Waals surface area contributed by atoms with Crippen LogP contribution in [0.1, 0.15) is 59.4 Å². The molecule has 2 N–H and O–H groups in total. The van der Waals surface area contributed by atoms with E-state index in [9.17, 15) is 0 Å². The molecule has 0 spiro atoms. The highest BCUT2D eigenvalue weighted by Gasteiger charge is 2.22. The SMILES string of the molecule is CCC(C)(C)CNc1nc(C(C)(C)C)nc(NC)c1C. The smallest absolute Gasteiger partial charge is 0.138 e. The Balaban J connectivity index is 3.12. The van der Waals surface area contributed by atoms with Crippen LogP contribution in [-0.4, -0.2) is 23.6 Å². The highest BCUT2D eigenvalue weighted by atomic mass is 15.1. The molecular formula is C16H30N4. The van der Waals surface area contributed by atoms with Crippen LogP contribution in [0.5, 0.6) is 0 Å². The van der Waals surface area contributed by atoms with Crippen molar-refractivity contribution in [1.29, 1.82) is 0 Å². The molecule has 0 atom stereocenters. The van der Waals surface area contributed by atoms with Crippen molar-refractivity contribution in [3.63, 3.8) is 0 Å². The molecule has 0 saturated carbocycles. The van der Waals surface area contributed by atoms with Crippen molar-refractivity contribution in [2.45, 2.75) is 60.3 Å². The summed E-state index contributed by atoms with van der Waals surface area (Å²) >= 11 is 0. The zero-order valence-corrected chi connectivity index (χ0v) is 14.3.